The number of rotatable bonds is 5. The molecule has 3 nitrogen and oxygen atoms in total. The van der Waals surface area contributed by atoms with Gasteiger partial charge >= 0.3 is 0 Å². The van der Waals surface area contributed by atoms with E-state index in [0.29, 0.717) is 6.61 Å². The maximum atomic E-state index is 5.91. The van der Waals surface area contributed by atoms with Gasteiger partial charge in [-0.2, -0.15) is 5.10 Å². The van der Waals surface area contributed by atoms with Gasteiger partial charge in [0.05, 0.1) is 11.9 Å². The Balaban J connectivity index is 1.93. The first-order valence-electron chi connectivity index (χ1n) is 7.15. The van der Waals surface area contributed by atoms with Gasteiger partial charge < -0.3 is 4.74 Å². The van der Waals surface area contributed by atoms with Gasteiger partial charge in [-0.1, -0.05) is 48.5 Å². The van der Waals surface area contributed by atoms with Gasteiger partial charge in [-0.25, -0.2) is 4.68 Å². The Morgan fingerprint density at radius 1 is 0.952 bits per heavy atom. The van der Waals surface area contributed by atoms with Gasteiger partial charge in [0.2, 0.25) is 0 Å². The average Bonchev–Trinajstić information content (AvgIpc) is 3.04. The zero-order chi connectivity index (χ0) is 14.5. The number of nitrogens with zero attached hydrogens (tertiary/aromatic N) is 2. The van der Waals surface area contributed by atoms with Crippen LogP contribution in [0.2, 0.25) is 0 Å². The lowest BCUT2D eigenvalue weighted by molar-refractivity contribution is 0.0913. The highest BCUT2D eigenvalue weighted by atomic mass is 16.5. The third kappa shape index (κ3) is 3.03. The molecule has 0 aliphatic heterocycles. The van der Waals surface area contributed by atoms with Crippen molar-refractivity contribution in [1.29, 1.82) is 0 Å². The minimum Gasteiger partial charge on any atom is -0.369 e. The Morgan fingerprint density at radius 2 is 1.62 bits per heavy atom. The van der Waals surface area contributed by atoms with Crippen LogP contribution in [0.25, 0.3) is 5.69 Å². The van der Waals surface area contributed by atoms with E-state index in [4.69, 9.17) is 4.74 Å². The lowest BCUT2D eigenvalue weighted by Gasteiger charge is -2.15. The van der Waals surface area contributed by atoms with Crippen LogP contribution in [0.1, 0.15) is 24.2 Å². The van der Waals surface area contributed by atoms with Crippen LogP contribution in [-0.2, 0) is 4.74 Å². The van der Waals surface area contributed by atoms with Crippen LogP contribution in [0.3, 0.4) is 0 Å². The molecule has 1 aromatic heterocycles. The monoisotopic (exact) mass is 278 g/mol. The average molecular weight is 278 g/mol. The molecule has 0 unspecified atom stereocenters. The number of hydrogen-bond acceptors (Lipinski definition) is 2. The predicted molar refractivity (Wildman–Crippen MR) is 83.5 cm³/mol. The molecular formula is C18H18N2O. The van der Waals surface area contributed by atoms with Crippen molar-refractivity contribution >= 4 is 0 Å². The third-order valence-electron chi connectivity index (χ3n) is 3.36. The molecule has 1 heterocycles. The lowest BCUT2D eigenvalue weighted by atomic mass is 10.0. The minimum atomic E-state index is -0.0753. The molecule has 0 saturated heterocycles. The van der Waals surface area contributed by atoms with Crippen molar-refractivity contribution < 1.29 is 4.74 Å². The van der Waals surface area contributed by atoms with Crippen molar-refractivity contribution in [3.8, 4) is 5.69 Å². The van der Waals surface area contributed by atoms with E-state index in [1.165, 1.54) is 0 Å². The molecule has 0 radical (unpaired) electrons. The summed E-state index contributed by atoms with van der Waals surface area (Å²) in [5, 5.41) is 4.45. The molecule has 3 rings (SSSR count). The fraction of sp³-hybridized carbons (Fsp3) is 0.167. The van der Waals surface area contributed by atoms with Crippen LogP contribution in [0.15, 0.2) is 73.1 Å². The molecule has 3 heteroatoms. The van der Waals surface area contributed by atoms with Crippen LogP contribution < -0.4 is 0 Å². The SMILES string of the molecule is CCO[C@H](c1ccccc1)c1cnn(-c2ccccc2)c1. The molecule has 21 heavy (non-hydrogen) atoms. The Labute approximate surface area is 124 Å². The molecule has 2 aromatic carbocycles. The maximum absolute atomic E-state index is 5.91. The number of benzene rings is 2. The molecule has 1 atom stereocenters. The van der Waals surface area contributed by atoms with Gasteiger partial charge in [0.15, 0.2) is 0 Å². The zero-order valence-corrected chi connectivity index (χ0v) is 12.0. The highest BCUT2D eigenvalue weighted by molar-refractivity contribution is 5.33. The summed E-state index contributed by atoms with van der Waals surface area (Å²) in [6.45, 7) is 2.67. The molecule has 0 aliphatic carbocycles. The fourth-order valence-corrected chi connectivity index (χ4v) is 2.37. The fourth-order valence-electron chi connectivity index (χ4n) is 2.37. The molecule has 0 spiro atoms. The zero-order valence-electron chi connectivity index (χ0n) is 12.0. The van der Waals surface area contributed by atoms with Gasteiger partial charge in [0.1, 0.15) is 6.10 Å². The number of hydrogen-bond donors (Lipinski definition) is 0. The van der Waals surface area contributed by atoms with E-state index in [2.05, 4.69) is 17.2 Å². The summed E-state index contributed by atoms with van der Waals surface area (Å²) in [6.07, 6.45) is 3.83. The summed E-state index contributed by atoms with van der Waals surface area (Å²) in [4.78, 5) is 0. The first-order valence-corrected chi connectivity index (χ1v) is 7.15. The van der Waals surface area contributed by atoms with Crippen molar-refractivity contribution in [3.63, 3.8) is 0 Å². The summed E-state index contributed by atoms with van der Waals surface area (Å²) in [6, 6.07) is 20.3. The standard InChI is InChI=1S/C18H18N2O/c1-2-21-18(15-9-5-3-6-10-15)16-13-19-20(14-16)17-11-7-4-8-12-17/h3-14,18H,2H2,1H3/t18-/m1/s1. The van der Waals surface area contributed by atoms with E-state index in [9.17, 15) is 0 Å². The van der Waals surface area contributed by atoms with Crippen LogP contribution in [0, 0.1) is 0 Å². The topological polar surface area (TPSA) is 27.1 Å². The van der Waals surface area contributed by atoms with Gasteiger partial charge in [-0.05, 0) is 24.6 Å². The summed E-state index contributed by atoms with van der Waals surface area (Å²) < 4.78 is 7.79. The van der Waals surface area contributed by atoms with Gasteiger partial charge in [0, 0.05) is 18.4 Å². The summed E-state index contributed by atoms with van der Waals surface area (Å²) >= 11 is 0. The lowest BCUT2D eigenvalue weighted by Crippen LogP contribution is -2.05. The second kappa shape index (κ2) is 6.37. The van der Waals surface area contributed by atoms with E-state index >= 15 is 0 Å². The molecule has 0 aliphatic rings. The van der Waals surface area contributed by atoms with E-state index in [-0.39, 0.29) is 6.10 Å². The maximum Gasteiger partial charge on any atom is 0.111 e. The number of ether oxygens (including phenoxy) is 1. The van der Waals surface area contributed by atoms with E-state index in [1.807, 2.05) is 72.5 Å². The normalized spacial score (nSPS) is 12.2. The largest absolute Gasteiger partial charge is 0.369 e. The Bertz CT molecular complexity index is 677. The van der Waals surface area contributed by atoms with Crippen molar-refractivity contribution in [2.45, 2.75) is 13.0 Å². The second-order valence-electron chi connectivity index (χ2n) is 4.80. The van der Waals surface area contributed by atoms with E-state index in [0.717, 1.165) is 16.8 Å². The summed E-state index contributed by atoms with van der Waals surface area (Å²) in [7, 11) is 0. The summed E-state index contributed by atoms with van der Waals surface area (Å²) in [5.74, 6) is 0. The Morgan fingerprint density at radius 3 is 2.29 bits per heavy atom. The Kier molecular flexibility index (Phi) is 4.12. The number of para-hydroxylation sites is 1. The molecule has 0 bridgehead atoms. The summed E-state index contributed by atoms with van der Waals surface area (Å²) in [5.41, 5.74) is 3.26. The number of aromatic nitrogens is 2. The van der Waals surface area contributed by atoms with Crippen LogP contribution >= 0.6 is 0 Å². The van der Waals surface area contributed by atoms with Gasteiger partial charge in [0.25, 0.3) is 0 Å². The van der Waals surface area contributed by atoms with Crippen molar-refractivity contribution in [2.24, 2.45) is 0 Å². The molecule has 0 fully saturated rings. The highest BCUT2D eigenvalue weighted by Gasteiger charge is 2.16. The molecule has 0 N–H and O–H groups in total. The highest BCUT2D eigenvalue weighted by Crippen LogP contribution is 2.26. The van der Waals surface area contributed by atoms with Crippen LogP contribution in [0.4, 0.5) is 0 Å². The molecule has 0 saturated carbocycles. The molecule has 3 aromatic rings. The first kappa shape index (κ1) is 13.6. The predicted octanol–water partition coefficient (Wildman–Crippen LogP) is 4.00. The Hall–Kier alpha value is -2.39. The molecule has 0 amide bonds. The quantitative estimate of drug-likeness (QED) is 0.705. The van der Waals surface area contributed by atoms with Crippen LogP contribution in [0.5, 0.6) is 0 Å². The van der Waals surface area contributed by atoms with Crippen LogP contribution in [-0.4, -0.2) is 16.4 Å². The smallest absolute Gasteiger partial charge is 0.111 e. The van der Waals surface area contributed by atoms with Gasteiger partial charge in [-0.15, -0.1) is 0 Å². The van der Waals surface area contributed by atoms with Crippen molar-refractivity contribution in [3.05, 3.63) is 84.2 Å². The van der Waals surface area contributed by atoms with Gasteiger partial charge in [-0.3, -0.25) is 0 Å². The third-order valence-corrected chi connectivity index (χ3v) is 3.36. The van der Waals surface area contributed by atoms with E-state index in [1.54, 1.807) is 0 Å². The molecule has 106 valence electrons. The van der Waals surface area contributed by atoms with Crippen molar-refractivity contribution in [2.75, 3.05) is 6.61 Å². The van der Waals surface area contributed by atoms with Crippen molar-refractivity contribution in [1.82, 2.24) is 9.78 Å². The minimum absolute atomic E-state index is 0.0753. The molecular weight excluding hydrogens is 260 g/mol. The first-order chi connectivity index (χ1) is 10.4. The van der Waals surface area contributed by atoms with E-state index < -0.39 is 0 Å². The second-order valence-corrected chi connectivity index (χ2v) is 4.80.